The first kappa shape index (κ1) is 11.3. The molecule has 1 atom stereocenters. The predicted molar refractivity (Wildman–Crippen MR) is 64.1 cm³/mol. The van der Waals surface area contributed by atoms with Gasteiger partial charge < -0.3 is 9.73 Å². The van der Waals surface area contributed by atoms with Crippen molar-refractivity contribution in [3.05, 3.63) is 46.3 Å². The van der Waals surface area contributed by atoms with Crippen LogP contribution in [0.1, 0.15) is 23.2 Å². The molecule has 2 rings (SSSR count). The Morgan fingerprint density at radius 3 is 2.69 bits per heavy atom. The number of aromatic nitrogens is 2. The maximum Gasteiger partial charge on any atom is 0.141 e. The van der Waals surface area contributed by atoms with Crippen LogP contribution in [0.2, 0.25) is 0 Å². The summed E-state index contributed by atoms with van der Waals surface area (Å²) >= 11 is 3.44. The molecule has 0 bridgehead atoms. The van der Waals surface area contributed by atoms with Crippen LogP contribution in [-0.2, 0) is 0 Å². The first-order valence-corrected chi connectivity index (χ1v) is 5.70. The molecule has 0 aromatic carbocycles. The fourth-order valence-corrected chi connectivity index (χ4v) is 1.91. The van der Waals surface area contributed by atoms with Gasteiger partial charge in [-0.3, -0.25) is 9.97 Å². The van der Waals surface area contributed by atoms with Crippen LogP contribution in [0.25, 0.3) is 0 Å². The van der Waals surface area contributed by atoms with Crippen molar-refractivity contribution in [2.45, 2.75) is 13.0 Å². The minimum Gasteiger partial charge on any atom is -0.466 e. The fourth-order valence-electron chi connectivity index (χ4n) is 1.48. The van der Waals surface area contributed by atoms with Gasteiger partial charge >= 0.3 is 0 Å². The molecule has 0 aliphatic heterocycles. The molecule has 84 valence electrons. The Labute approximate surface area is 102 Å². The molecule has 4 nitrogen and oxygen atoms in total. The monoisotopic (exact) mass is 281 g/mol. The number of hydrogen-bond acceptors (Lipinski definition) is 4. The molecule has 2 aromatic rings. The van der Waals surface area contributed by atoms with Crippen molar-refractivity contribution in [2.24, 2.45) is 0 Å². The number of halogens is 1. The van der Waals surface area contributed by atoms with Crippen molar-refractivity contribution in [2.75, 3.05) is 7.05 Å². The Kier molecular flexibility index (Phi) is 3.36. The molecule has 2 heterocycles. The first-order chi connectivity index (χ1) is 7.72. The van der Waals surface area contributed by atoms with E-state index in [2.05, 4.69) is 31.2 Å². The number of nitrogens with one attached hydrogen (secondary N) is 1. The van der Waals surface area contributed by atoms with Crippen LogP contribution in [0.4, 0.5) is 0 Å². The minimum atomic E-state index is -0.0857. The van der Waals surface area contributed by atoms with Gasteiger partial charge in [-0.2, -0.15) is 0 Å². The number of nitrogens with zero attached hydrogens (tertiary/aromatic N) is 2. The molecule has 0 aliphatic carbocycles. The lowest BCUT2D eigenvalue weighted by molar-refractivity contribution is 0.455. The Balaban J connectivity index is 2.37. The molecule has 0 saturated carbocycles. The van der Waals surface area contributed by atoms with Crippen molar-refractivity contribution in [1.82, 2.24) is 15.3 Å². The molecule has 0 amide bonds. The Morgan fingerprint density at radius 2 is 2.19 bits per heavy atom. The molecule has 0 radical (unpaired) electrons. The van der Waals surface area contributed by atoms with Gasteiger partial charge in [0.05, 0.1) is 28.3 Å². The Hall–Kier alpha value is -1.20. The van der Waals surface area contributed by atoms with E-state index in [1.165, 1.54) is 0 Å². The summed E-state index contributed by atoms with van der Waals surface area (Å²) in [6, 6.07) is 1.78. The van der Waals surface area contributed by atoms with Crippen molar-refractivity contribution < 1.29 is 4.42 Å². The smallest absolute Gasteiger partial charge is 0.141 e. The van der Waals surface area contributed by atoms with Crippen LogP contribution >= 0.6 is 15.9 Å². The van der Waals surface area contributed by atoms with Gasteiger partial charge in [0.15, 0.2) is 0 Å². The topological polar surface area (TPSA) is 51.0 Å². The fraction of sp³-hybridized carbons (Fsp3) is 0.273. The van der Waals surface area contributed by atoms with Gasteiger partial charge in [0.2, 0.25) is 0 Å². The van der Waals surface area contributed by atoms with Crippen LogP contribution in [0.3, 0.4) is 0 Å². The second-order valence-corrected chi connectivity index (χ2v) is 4.29. The zero-order valence-corrected chi connectivity index (χ0v) is 10.7. The normalized spacial score (nSPS) is 12.7. The van der Waals surface area contributed by atoms with E-state index >= 15 is 0 Å². The molecule has 0 fully saturated rings. The molecule has 0 saturated heterocycles. The van der Waals surface area contributed by atoms with Gasteiger partial charge in [-0.25, -0.2) is 0 Å². The van der Waals surface area contributed by atoms with E-state index in [1.807, 2.05) is 20.0 Å². The molecular formula is C11H12BrN3O. The highest BCUT2D eigenvalue weighted by molar-refractivity contribution is 9.10. The van der Waals surface area contributed by atoms with Crippen LogP contribution in [0.5, 0.6) is 0 Å². The van der Waals surface area contributed by atoms with E-state index in [0.717, 1.165) is 21.6 Å². The maximum atomic E-state index is 5.42. The third-order valence-corrected chi connectivity index (χ3v) is 2.95. The molecular weight excluding hydrogens is 270 g/mol. The predicted octanol–water partition coefficient (Wildman–Crippen LogP) is 2.45. The van der Waals surface area contributed by atoms with Gasteiger partial charge in [-0.05, 0) is 36.0 Å². The highest BCUT2D eigenvalue weighted by Crippen LogP contribution is 2.27. The van der Waals surface area contributed by atoms with E-state index in [0.29, 0.717) is 0 Å². The van der Waals surface area contributed by atoms with Crippen molar-refractivity contribution >= 4 is 15.9 Å². The third kappa shape index (κ3) is 2.15. The molecule has 16 heavy (non-hydrogen) atoms. The van der Waals surface area contributed by atoms with Crippen LogP contribution in [0.15, 0.2) is 33.6 Å². The lowest BCUT2D eigenvalue weighted by atomic mass is 10.1. The van der Waals surface area contributed by atoms with Gasteiger partial charge in [0, 0.05) is 6.20 Å². The standard InChI is InChI=1S/C11H12BrN3O/c1-7-5-15-9(6-14-7)10(13-2)11-8(12)3-4-16-11/h3-6,10,13H,1-2H3. The van der Waals surface area contributed by atoms with E-state index in [4.69, 9.17) is 4.42 Å². The average Bonchev–Trinajstić information content (AvgIpc) is 2.69. The molecule has 1 unspecified atom stereocenters. The van der Waals surface area contributed by atoms with Gasteiger partial charge in [0.1, 0.15) is 11.8 Å². The zero-order valence-electron chi connectivity index (χ0n) is 9.07. The number of hydrogen-bond donors (Lipinski definition) is 1. The van der Waals surface area contributed by atoms with E-state index in [-0.39, 0.29) is 6.04 Å². The lowest BCUT2D eigenvalue weighted by Gasteiger charge is -2.13. The van der Waals surface area contributed by atoms with E-state index < -0.39 is 0 Å². The number of rotatable bonds is 3. The van der Waals surface area contributed by atoms with Crippen molar-refractivity contribution in [3.8, 4) is 0 Å². The second kappa shape index (κ2) is 4.76. The van der Waals surface area contributed by atoms with Gasteiger partial charge in [0.25, 0.3) is 0 Å². The minimum absolute atomic E-state index is 0.0857. The highest BCUT2D eigenvalue weighted by Gasteiger charge is 2.19. The largest absolute Gasteiger partial charge is 0.466 e. The SMILES string of the molecule is CNC(c1cnc(C)cn1)c1occc1Br. The van der Waals surface area contributed by atoms with Crippen LogP contribution < -0.4 is 5.32 Å². The summed E-state index contributed by atoms with van der Waals surface area (Å²) in [5.74, 6) is 0.806. The summed E-state index contributed by atoms with van der Waals surface area (Å²) in [5.41, 5.74) is 1.74. The summed E-state index contributed by atoms with van der Waals surface area (Å²) in [4.78, 5) is 8.57. The molecule has 2 aromatic heterocycles. The first-order valence-electron chi connectivity index (χ1n) is 4.91. The summed E-state index contributed by atoms with van der Waals surface area (Å²) in [6.45, 7) is 1.91. The van der Waals surface area contributed by atoms with E-state index in [9.17, 15) is 0 Å². The summed E-state index contributed by atoms with van der Waals surface area (Å²) in [7, 11) is 1.86. The maximum absolute atomic E-state index is 5.42. The average molecular weight is 282 g/mol. The molecule has 0 aliphatic rings. The summed E-state index contributed by atoms with van der Waals surface area (Å²) in [5, 5.41) is 3.15. The lowest BCUT2D eigenvalue weighted by Crippen LogP contribution is -2.19. The van der Waals surface area contributed by atoms with Gasteiger partial charge in [-0.1, -0.05) is 0 Å². The molecule has 1 N–H and O–H groups in total. The van der Waals surface area contributed by atoms with Crippen molar-refractivity contribution in [1.29, 1.82) is 0 Å². The van der Waals surface area contributed by atoms with Crippen molar-refractivity contribution in [3.63, 3.8) is 0 Å². The Bertz CT molecular complexity index is 466. The van der Waals surface area contributed by atoms with Crippen LogP contribution in [0, 0.1) is 6.92 Å². The summed E-state index contributed by atoms with van der Waals surface area (Å²) < 4.78 is 6.35. The quantitative estimate of drug-likeness (QED) is 0.939. The van der Waals surface area contributed by atoms with E-state index in [1.54, 1.807) is 18.7 Å². The molecule has 5 heteroatoms. The zero-order chi connectivity index (χ0) is 11.5. The second-order valence-electron chi connectivity index (χ2n) is 3.44. The number of furan rings is 1. The van der Waals surface area contributed by atoms with Gasteiger partial charge in [-0.15, -0.1) is 0 Å². The molecule has 0 spiro atoms. The highest BCUT2D eigenvalue weighted by atomic mass is 79.9. The number of aryl methyl sites for hydroxylation is 1. The van der Waals surface area contributed by atoms with Crippen LogP contribution in [-0.4, -0.2) is 17.0 Å². The Morgan fingerprint density at radius 1 is 1.38 bits per heavy atom. The summed E-state index contributed by atoms with van der Waals surface area (Å²) in [6.07, 6.45) is 5.15. The third-order valence-electron chi connectivity index (χ3n) is 2.29.